The van der Waals surface area contributed by atoms with Crippen LogP contribution in [0.3, 0.4) is 0 Å². The highest BCUT2D eigenvalue weighted by Gasteiger charge is 2.31. The van der Waals surface area contributed by atoms with Gasteiger partial charge in [-0.2, -0.15) is 0 Å². The third-order valence-electron chi connectivity index (χ3n) is 3.31. The second-order valence-electron chi connectivity index (χ2n) is 4.54. The first-order chi connectivity index (χ1) is 8.97. The van der Waals surface area contributed by atoms with Gasteiger partial charge in [0.25, 0.3) is 0 Å². The lowest BCUT2D eigenvalue weighted by Crippen LogP contribution is -2.27. The molecule has 0 aliphatic carbocycles. The monoisotopic (exact) mass is 279 g/mol. The van der Waals surface area contributed by atoms with E-state index >= 15 is 0 Å². The summed E-state index contributed by atoms with van der Waals surface area (Å²) in [6, 6.07) is 8.17. The van der Waals surface area contributed by atoms with Crippen LogP contribution in [-0.2, 0) is 5.60 Å². The van der Waals surface area contributed by atoms with E-state index in [9.17, 15) is 9.50 Å². The van der Waals surface area contributed by atoms with Gasteiger partial charge in [-0.25, -0.2) is 4.39 Å². The minimum absolute atomic E-state index is 0.413. The predicted molar refractivity (Wildman–Crippen MR) is 73.7 cm³/mol. The molecule has 0 amide bonds. The number of rotatable bonds is 3. The van der Waals surface area contributed by atoms with E-state index in [2.05, 4.69) is 4.98 Å². The van der Waals surface area contributed by atoms with Crippen molar-refractivity contribution in [3.63, 3.8) is 0 Å². The Labute approximate surface area is 116 Å². The van der Waals surface area contributed by atoms with Crippen molar-refractivity contribution in [2.75, 3.05) is 0 Å². The van der Waals surface area contributed by atoms with Crippen LogP contribution in [0.4, 0.5) is 4.39 Å². The summed E-state index contributed by atoms with van der Waals surface area (Å²) in [6.07, 6.45) is 1.52. The number of aliphatic hydroxyl groups is 1. The molecule has 0 spiro atoms. The minimum atomic E-state index is -1.26. The van der Waals surface area contributed by atoms with Gasteiger partial charge < -0.3 is 5.11 Å². The molecule has 100 valence electrons. The zero-order valence-corrected chi connectivity index (χ0v) is 11.6. The summed E-state index contributed by atoms with van der Waals surface area (Å²) in [5.74, 6) is -0.427. The SMILES string of the molecule is CCC(O)(c1ccc(C)c(Cl)c1)c1ccc(F)cn1. The quantitative estimate of drug-likeness (QED) is 0.926. The van der Waals surface area contributed by atoms with Crippen molar-refractivity contribution in [1.82, 2.24) is 4.98 Å². The molecular weight excluding hydrogens is 265 g/mol. The molecule has 2 nitrogen and oxygen atoms in total. The van der Waals surface area contributed by atoms with Crippen molar-refractivity contribution < 1.29 is 9.50 Å². The van der Waals surface area contributed by atoms with Gasteiger partial charge in [-0.3, -0.25) is 4.98 Å². The van der Waals surface area contributed by atoms with E-state index in [4.69, 9.17) is 11.6 Å². The molecule has 0 saturated heterocycles. The standard InChI is InChI=1S/C15H15ClFNO/c1-3-15(19,14-7-6-12(17)9-18-14)11-5-4-10(2)13(16)8-11/h4-9,19H,3H2,1-2H3. The highest BCUT2D eigenvalue weighted by molar-refractivity contribution is 6.31. The lowest BCUT2D eigenvalue weighted by molar-refractivity contribution is 0.0718. The first kappa shape index (κ1) is 14.0. The van der Waals surface area contributed by atoms with Crippen molar-refractivity contribution in [3.8, 4) is 0 Å². The number of hydrogen-bond donors (Lipinski definition) is 1. The summed E-state index contributed by atoms with van der Waals surface area (Å²) in [6.45, 7) is 3.74. The van der Waals surface area contributed by atoms with Crippen molar-refractivity contribution in [2.45, 2.75) is 25.9 Å². The zero-order chi connectivity index (χ0) is 14.0. The van der Waals surface area contributed by atoms with Crippen LogP contribution in [-0.4, -0.2) is 10.1 Å². The van der Waals surface area contributed by atoms with Crippen molar-refractivity contribution in [3.05, 3.63) is 64.2 Å². The van der Waals surface area contributed by atoms with Gasteiger partial charge in [0.1, 0.15) is 11.4 Å². The number of aryl methyl sites for hydroxylation is 1. The molecule has 19 heavy (non-hydrogen) atoms. The van der Waals surface area contributed by atoms with Crippen LogP contribution >= 0.6 is 11.6 Å². The lowest BCUT2D eigenvalue weighted by Gasteiger charge is -2.27. The van der Waals surface area contributed by atoms with E-state index in [1.165, 1.54) is 12.1 Å². The summed E-state index contributed by atoms with van der Waals surface area (Å²) in [5, 5.41) is 11.4. The fraction of sp³-hybridized carbons (Fsp3) is 0.267. The van der Waals surface area contributed by atoms with Gasteiger partial charge in [0.15, 0.2) is 0 Å². The van der Waals surface area contributed by atoms with Crippen LogP contribution in [0.25, 0.3) is 0 Å². The molecule has 0 aliphatic heterocycles. The number of hydrogen-bond acceptors (Lipinski definition) is 2. The van der Waals surface area contributed by atoms with E-state index in [0.717, 1.165) is 11.8 Å². The number of aromatic nitrogens is 1. The maximum Gasteiger partial charge on any atom is 0.141 e. The lowest BCUT2D eigenvalue weighted by atomic mass is 9.87. The Morgan fingerprint density at radius 1 is 1.32 bits per heavy atom. The van der Waals surface area contributed by atoms with Crippen LogP contribution < -0.4 is 0 Å². The van der Waals surface area contributed by atoms with E-state index < -0.39 is 11.4 Å². The molecule has 0 aliphatic rings. The van der Waals surface area contributed by atoms with Crippen LogP contribution in [0.5, 0.6) is 0 Å². The molecule has 1 heterocycles. The summed E-state index contributed by atoms with van der Waals surface area (Å²) in [7, 11) is 0. The number of nitrogens with zero attached hydrogens (tertiary/aromatic N) is 1. The molecule has 4 heteroatoms. The van der Waals surface area contributed by atoms with Crippen LogP contribution in [0.15, 0.2) is 36.5 Å². The van der Waals surface area contributed by atoms with Gasteiger partial charge in [0, 0.05) is 5.02 Å². The molecule has 1 aromatic heterocycles. The van der Waals surface area contributed by atoms with E-state index in [1.807, 2.05) is 26.0 Å². The van der Waals surface area contributed by atoms with E-state index in [1.54, 1.807) is 6.07 Å². The molecule has 0 radical (unpaired) electrons. The minimum Gasteiger partial charge on any atom is -0.379 e. The topological polar surface area (TPSA) is 33.1 Å². The van der Waals surface area contributed by atoms with Gasteiger partial charge in [-0.05, 0) is 42.7 Å². The summed E-state index contributed by atoms with van der Waals surface area (Å²) in [4.78, 5) is 3.98. The third-order valence-corrected chi connectivity index (χ3v) is 3.72. The molecule has 1 atom stereocenters. The first-order valence-corrected chi connectivity index (χ1v) is 6.46. The fourth-order valence-corrected chi connectivity index (χ4v) is 2.18. The Morgan fingerprint density at radius 3 is 2.58 bits per heavy atom. The van der Waals surface area contributed by atoms with E-state index in [-0.39, 0.29) is 0 Å². The highest BCUT2D eigenvalue weighted by Crippen LogP contribution is 2.33. The van der Waals surface area contributed by atoms with Crippen LogP contribution in [0.1, 0.15) is 30.2 Å². The molecule has 1 N–H and O–H groups in total. The van der Waals surface area contributed by atoms with Gasteiger partial charge >= 0.3 is 0 Å². The van der Waals surface area contributed by atoms with Crippen LogP contribution in [0.2, 0.25) is 5.02 Å². The average Bonchev–Trinajstić information content (AvgIpc) is 2.42. The first-order valence-electron chi connectivity index (χ1n) is 6.08. The maximum atomic E-state index is 12.9. The van der Waals surface area contributed by atoms with Crippen molar-refractivity contribution in [1.29, 1.82) is 0 Å². The second-order valence-corrected chi connectivity index (χ2v) is 4.95. The van der Waals surface area contributed by atoms with Crippen molar-refractivity contribution in [2.24, 2.45) is 0 Å². The predicted octanol–water partition coefficient (Wildman–Crippen LogP) is 3.83. The number of halogens is 2. The summed E-state index contributed by atoms with van der Waals surface area (Å²) >= 11 is 6.10. The van der Waals surface area contributed by atoms with Gasteiger partial charge in [-0.15, -0.1) is 0 Å². The smallest absolute Gasteiger partial charge is 0.141 e. The molecule has 0 saturated carbocycles. The fourth-order valence-electron chi connectivity index (χ4n) is 2.00. The zero-order valence-electron chi connectivity index (χ0n) is 10.8. The molecule has 0 fully saturated rings. The molecule has 1 unspecified atom stereocenters. The summed E-state index contributed by atoms with van der Waals surface area (Å²) < 4.78 is 12.9. The normalized spacial score (nSPS) is 14.2. The van der Waals surface area contributed by atoms with Gasteiger partial charge in [-0.1, -0.05) is 30.7 Å². The highest BCUT2D eigenvalue weighted by atomic mass is 35.5. The Kier molecular flexibility index (Phi) is 3.88. The second kappa shape index (κ2) is 5.27. The van der Waals surface area contributed by atoms with E-state index in [0.29, 0.717) is 22.7 Å². The molecule has 0 bridgehead atoms. The largest absolute Gasteiger partial charge is 0.379 e. The van der Waals surface area contributed by atoms with Crippen molar-refractivity contribution >= 4 is 11.6 Å². The van der Waals surface area contributed by atoms with Crippen LogP contribution in [0, 0.1) is 12.7 Å². The third kappa shape index (κ3) is 2.62. The Bertz CT molecular complexity index is 585. The Balaban J connectivity index is 2.52. The number of benzene rings is 1. The summed E-state index contributed by atoms with van der Waals surface area (Å²) in [5.41, 5.74) is 0.752. The molecule has 2 rings (SSSR count). The van der Waals surface area contributed by atoms with Gasteiger partial charge in [0.05, 0.1) is 11.9 Å². The Morgan fingerprint density at radius 2 is 2.05 bits per heavy atom. The average molecular weight is 280 g/mol. The molecule has 1 aromatic carbocycles. The Hall–Kier alpha value is -1.45. The molecule has 2 aromatic rings. The maximum absolute atomic E-state index is 12.9. The van der Waals surface area contributed by atoms with Gasteiger partial charge in [0.2, 0.25) is 0 Å². The number of pyridine rings is 1. The molecular formula is C15H15ClFNO.